The van der Waals surface area contributed by atoms with Crippen LogP contribution in [0, 0.1) is 0 Å². The number of carbonyl (C=O) groups excluding carboxylic acids is 1. The zero-order valence-electron chi connectivity index (χ0n) is 35.8. The summed E-state index contributed by atoms with van der Waals surface area (Å²) in [5, 5.41) is 0. The van der Waals surface area contributed by atoms with Crippen LogP contribution >= 0.6 is 0 Å². The van der Waals surface area contributed by atoms with E-state index >= 15 is 0 Å². The molecule has 5 heteroatoms. The molecule has 1 rings (SSSR count). The van der Waals surface area contributed by atoms with Gasteiger partial charge in [-0.25, -0.2) is 4.79 Å². The van der Waals surface area contributed by atoms with E-state index in [1.54, 1.807) is 6.08 Å². The minimum Gasteiger partial charge on any atom is -0.493 e. The number of ether oxygens (including phenoxy) is 4. The van der Waals surface area contributed by atoms with Crippen LogP contribution in [0.5, 0.6) is 17.2 Å². The first kappa shape index (κ1) is 48.8. The summed E-state index contributed by atoms with van der Waals surface area (Å²) in [5.74, 6) is 1.82. The molecule has 0 amide bonds. The second-order valence-electron chi connectivity index (χ2n) is 15.8. The van der Waals surface area contributed by atoms with E-state index in [1.165, 1.54) is 173 Å². The predicted molar refractivity (Wildman–Crippen MR) is 229 cm³/mol. The highest BCUT2D eigenvalue weighted by molar-refractivity contribution is 5.88. The molecule has 0 bridgehead atoms. The molecule has 308 valence electrons. The number of unbranched alkanes of at least 4 members (excludes halogenated alkanes) is 27. The van der Waals surface area contributed by atoms with Crippen molar-refractivity contribution in [1.29, 1.82) is 0 Å². The Morgan fingerprint density at radius 3 is 1.25 bits per heavy atom. The van der Waals surface area contributed by atoms with Crippen molar-refractivity contribution in [2.24, 2.45) is 0 Å². The zero-order valence-corrected chi connectivity index (χ0v) is 35.8. The van der Waals surface area contributed by atoms with Crippen LogP contribution in [0.3, 0.4) is 0 Å². The van der Waals surface area contributed by atoms with E-state index in [1.807, 2.05) is 26.0 Å². The molecular weight excluding hydrogens is 657 g/mol. The van der Waals surface area contributed by atoms with Crippen molar-refractivity contribution in [1.82, 2.24) is 0 Å². The van der Waals surface area contributed by atoms with Gasteiger partial charge in [-0.2, -0.15) is 0 Å². The molecule has 1 aromatic rings. The van der Waals surface area contributed by atoms with E-state index in [0.717, 1.165) is 37.0 Å². The van der Waals surface area contributed by atoms with E-state index < -0.39 is 0 Å². The maximum atomic E-state index is 12.5. The highest BCUT2D eigenvalue weighted by Gasteiger charge is 2.15. The Bertz CT molecular complexity index is 986. The second-order valence-corrected chi connectivity index (χ2v) is 15.8. The largest absolute Gasteiger partial charge is 0.493 e. The number of benzene rings is 1. The molecule has 0 heterocycles. The summed E-state index contributed by atoms with van der Waals surface area (Å²) in [7, 11) is 0. The molecule has 0 aliphatic carbocycles. The first-order valence-electron chi connectivity index (χ1n) is 23.0. The molecule has 0 radical (unpaired) electrons. The molecule has 0 fully saturated rings. The van der Waals surface area contributed by atoms with E-state index in [2.05, 4.69) is 20.8 Å². The van der Waals surface area contributed by atoms with Crippen LogP contribution in [-0.4, -0.2) is 31.9 Å². The fourth-order valence-electron chi connectivity index (χ4n) is 6.81. The van der Waals surface area contributed by atoms with Gasteiger partial charge in [0.05, 0.1) is 25.9 Å². The van der Waals surface area contributed by atoms with Crippen molar-refractivity contribution < 1.29 is 23.7 Å². The summed E-state index contributed by atoms with van der Waals surface area (Å²) in [5.41, 5.74) is 0.802. The van der Waals surface area contributed by atoms with Gasteiger partial charge in [0.15, 0.2) is 11.5 Å². The van der Waals surface area contributed by atoms with Crippen LogP contribution in [0.25, 0.3) is 6.08 Å². The standard InChI is InChI=1S/C48H86O5/c1-6-9-12-15-18-21-24-27-30-33-38-50-45-41-44(36-37-47(49)53-43(4)5)48(52-40-35-32-29-26-23-20-17-14-11-8-3)46(42-45)51-39-34-31-28-25-22-19-16-13-10-7-2/h36-37,41-43H,6-35,38-40H2,1-5H3. The van der Waals surface area contributed by atoms with Crippen molar-refractivity contribution in [3.05, 3.63) is 23.8 Å². The van der Waals surface area contributed by atoms with Gasteiger partial charge in [0, 0.05) is 17.7 Å². The maximum Gasteiger partial charge on any atom is 0.331 e. The van der Waals surface area contributed by atoms with Gasteiger partial charge < -0.3 is 18.9 Å². The third kappa shape index (κ3) is 29.8. The van der Waals surface area contributed by atoms with Crippen LogP contribution in [-0.2, 0) is 9.53 Å². The number of rotatable bonds is 39. The van der Waals surface area contributed by atoms with Gasteiger partial charge in [0.1, 0.15) is 5.75 Å². The summed E-state index contributed by atoms with van der Waals surface area (Å²) in [6, 6.07) is 4.00. The topological polar surface area (TPSA) is 54.0 Å². The fraction of sp³-hybridized carbons (Fsp3) is 0.812. The quantitative estimate of drug-likeness (QED) is 0.0382. The minimum atomic E-state index is -0.356. The summed E-state index contributed by atoms with van der Waals surface area (Å²) in [4.78, 5) is 12.5. The lowest BCUT2D eigenvalue weighted by Crippen LogP contribution is -2.08. The van der Waals surface area contributed by atoms with Gasteiger partial charge in [0.25, 0.3) is 0 Å². The molecule has 0 N–H and O–H groups in total. The molecule has 0 aliphatic heterocycles. The summed E-state index contributed by atoms with van der Waals surface area (Å²) < 4.78 is 24.7. The Labute approximate surface area is 329 Å². The van der Waals surface area contributed by atoms with Crippen molar-refractivity contribution in [3.8, 4) is 17.2 Å². The van der Waals surface area contributed by atoms with E-state index in [9.17, 15) is 4.79 Å². The number of esters is 1. The molecule has 0 atom stereocenters. The summed E-state index contributed by atoms with van der Waals surface area (Å²) in [6.07, 6.45) is 41.8. The lowest BCUT2D eigenvalue weighted by Gasteiger charge is -2.18. The maximum absolute atomic E-state index is 12.5. The average Bonchev–Trinajstić information content (AvgIpc) is 3.14. The van der Waals surface area contributed by atoms with Crippen molar-refractivity contribution >= 4 is 12.0 Å². The third-order valence-electron chi connectivity index (χ3n) is 10.1. The van der Waals surface area contributed by atoms with Gasteiger partial charge in [-0.1, -0.05) is 194 Å². The Morgan fingerprint density at radius 1 is 0.491 bits per heavy atom. The number of carbonyl (C=O) groups is 1. The Hall–Kier alpha value is -2.17. The highest BCUT2D eigenvalue weighted by Crippen LogP contribution is 2.38. The van der Waals surface area contributed by atoms with Crippen LogP contribution in [0.4, 0.5) is 0 Å². The van der Waals surface area contributed by atoms with Crippen LogP contribution < -0.4 is 14.2 Å². The molecule has 0 aromatic heterocycles. The van der Waals surface area contributed by atoms with Crippen molar-refractivity contribution in [3.63, 3.8) is 0 Å². The Balaban J connectivity index is 2.83. The fourth-order valence-corrected chi connectivity index (χ4v) is 6.81. The molecule has 0 aliphatic rings. The van der Waals surface area contributed by atoms with Gasteiger partial charge in [-0.05, 0) is 45.3 Å². The normalized spacial score (nSPS) is 11.5. The van der Waals surface area contributed by atoms with Crippen LogP contribution in [0.1, 0.15) is 233 Å². The third-order valence-corrected chi connectivity index (χ3v) is 10.1. The Kier molecular flexibility index (Phi) is 33.9. The lowest BCUT2D eigenvalue weighted by molar-refractivity contribution is -0.141. The van der Waals surface area contributed by atoms with Crippen LogP contribution in [0.15, 0.2) is 18.2 Å². The SMILES string of the molecule is CCCCCCCCCCCCOc1cc(C=CC(=O)OC(C)C)c(OCCCCCCCCCCCC)c(OCCCCCCCCCCCC)c1. The summed E-state index contributed by atoms with van der Waals surface area (Å²) >= 11 is 0. The number of hydrogen-bond donors (Lipinski definition) is 0. The van der Waals surface area contributed by atoms with Gasteiger partial charge in [-0.3, -0.25) is 0 Å². The van der Waals surface area contributed by atoms with E-state index in [-0.39, 0.29) is 12.1 Å². The molecule has 0 unspecified atom stereocenters. The van der Waals surface area contributed by atoms with Crippen LogP contribution in [0.2, 0.25) is 0 Å². The van der Waals surface area contributed by atoms with Gasteiger partial charge in [-0.15, -0.1) is 0 Å². The minimum absolute atomic E-state index is 0.171. The lowest BCUT2D eigenvalue weighted by atomic mass is 10.1. The monoisotopic (exact) mass is 743 g/mol. The van der Waals surface area contributed by atoms with Crippen molar-refractivity contribution in [2.45, 2.75) is 233 Å². The molecular formula is C48H86O5. The molecule has 53 heavy (non-hydrogen) atoms. The molecule has 1 aromatic carbocycles. The molecule has 0 saturated heterocycles. The summed E-state index contributed by atoms with van der Waals surface area (Å²) in [6.45, 7) is 12.5. The zero-order chi connectivity index (χ0) is 38.5. The van der Waals surface area contributed by atoms with Gasteiger partial charge >= 0.3 is 5.97 Å². The molecule has 5 nitrogen and oxygen atoms in total. The van der Waals surface area contributed by atoms with E-state index in [4.69, 9.17) is 18.9 Å². The smallest absolute Gasteiger partial charge is 0.331 e. The highest BCUT2D eigenvalue weighted by atomic mass is 16.5. The Morgan fingerprint density at radius 2 is 0.849 bits per heavy atom. The van der Waals surface area contributed by atoms with E-state index in [0.29, 0.717) is 31.3 Å². The second kappa shape index (κ2) is 36.8. The first-order valence-corrected chi connectivity index (χ1v) is 23.0. The molecule has 0 saturated carbocycles. The average molecular weight is 743 g/mol. The van der Waals surface area contributed by atoms with Crippen molar-refractivity contribution in [2.75, 3.05) is 19.8 Å². The number of hydrogen-bond acceptors (Lipinski definition) is 5. The first-order chi connectivity index (χ1) is 26.0. The molecule has 0 spiro atoms. The van der Waals surface area contributed by atoms with Gasteiger partial charge in [0.2, 0.25) is 0 Å². The predicted octanol–water partition coefficient (Wildman–Crippen LogP) is 15.6.